The molecule has 0 saturated carbocycles. The second-order valence-electron chi connectivity index (χ2n) is 12.0. The summed E-state index contributed by atoms with van der Waals surface area (Å²) in [6.45, 7) is 8.87. The molecule has 0 spiro atoms. The number of ether oxygens (including phenoxy) is 3. The van der Waals surface area contributed by atoms with Crippen molar-refractivity contribution in [1.82, 2.24) is 0 Å². The number of carbonyl (C=O) groups is 3. The van der Waals surface area contributed by atoms with E-state index in [0.717, 1.165) is 47.1 Å². The molecule has 3 aliphatic carbocycles. The Kier molecular flexibility index (Phi) is 17.2. The first-order valence-corrected chi connectivity index (χ1v) is 17.3. The highest BCUT2D eigenvalue weighted by molar-refractivity contribution is 5.69. The molecule has 6 rings (SSSR count). The topological polar surface area (TPSA) is 258 Å². The third-order valence-corrected chi connectivity index (χ3v) is 8.12. The lowest BCUT2D eigenvalue weighted by atomic mass is 10.0. The third-order valence-electron chi connectivity index (χ3n) is 8.12. The molecule has 11 N–H and O–H groups in total. The predicted molar refractivity (Wildman–Crippen MR) is 196 cm³/mol. The fourth-order valence-corrected chi connectivity index (χ4v) is 6.14. The molecule has 0 heterocycles. The molecule has 0 aromatic heterocycles. The summed E-state index contributed by atoms with van der Waals surface area (Å²) in [5.74, 6) is -1.69. The van der Waals surface area contributed by atoms with Gasteiger partial charge in [-0.1, -0.05) is 39.8 Å². The molecule has 0 amide bonds. The van der Waals surface area contributed by atoms with E-state index in [2.05, 4.69) is 0 Å². The normalized spacial score (nSPS) is 17.0. The van der Waals surface area contributed by atoms with Crippen molar-refractivity contribution in [2.24, 2.45) is 17.2 Å². The van der Waals surface area contributed by atoms with Gasteiger partial charge in [0.15, 0.2) is 31.3 Å². The predicted octanol–water partition coefficient (Wildman–Crippen LogP) is 3.50. The van der Waals surface area contributed by atoms with E-state index in [4.69, 9.17) is 46.7 Å². The van der Waals surface area contributed by atoms with E-state index in [0.29, 0.717) is 30.8 Å². The summed E-state index contributed by atoms with van der Waals surface area (Å²) in [5, 5.41) is 44.7. The molecule has 3 aliphatic rings. The number of phenols is 2. The van der Waals surface area contributed by atoms with Crippen LogP contribution in [0.3, 0.4) is 0 Å². The van der Waals surface area contributed by atoms with Gasteiger partial charge in [-0.05, 0) is 97.0 Å². The van der Waals surface area contributed by atoms with Gasteiger partial charge in [0, 0.05) is 29.8 Å². The number of hydrogen-bond donors (Lipinski definition) is 8. The second-order valence-corrected chi connectivity index (χ2v) is 12.0. The molecule has 286 valence electrons. The lowest BCUT2D eigenvalue weighted by molar-refractivity contribution is -0.140. The van der Waals surface area contributed by atoms with Gasteiger partial charge >= 0.3 is 17.9 Å². The van der Waals surface area contributed by atoms with Crippen molar-refractivity contribution in [2.45, 2.75) is 91.3 Å². The first-order chi connectivity index (χ1) is 24.7. The third kappa shape index (κ3) is 12.3. The number of aromatic hydroxyl groups is 2. The molecular weight excluding hydrogens is 674 g/mol. The van der Waals surface area contributed by atoms with E-state index in [9.17, 15) is 24.6 Å². The molecule has 52 heavy (non-hydrogen) atoms. The highest BCUT2D eigenvalue weighted by atomic mass is 16.5. The standard InChI is InChI=1S/C12H15NO3.2C11H13NO4.2C2H6/c1-7-2-3-11(16-6-12(14)15)10-5-8(13)4-9(7)10;12-7-1-6-2-8(13)4-10(9(6)3-7)16-5-11(14)15;12-7-3-6-1-2-9(13)11(8(6)4-7)16-5-10(14)15;2*1-2/h2-3,8H,4-6,13H2,1H3,(H,14,15);2,4,7,13H,1,3,5,12H2,(H,14,15);1-2,7,13H,3-5,12H2,(H,14,15);2*1-2H3. The monoisotopic (exact) mass is 727 g/mol. The van der Waals surface area contributed by atoms with Crippen LogP contribution in [0.1, 0.15) is 66.6 Å². The fourth-order valence-electron chi connectivity index (χ4n) is 6.14. The van der Waals surface area contributed by atoms with Crippen LogP contribution < -0.4 is 31.4 Å². The molecule has 3 atom stereocenters. The Morgan fingerprint density at radius 1 is 0.596 bits per heavy atom. The molecule has 14 nitrogen and oxygen atoms in total. The fraction of sp³-hybridized carbons (Fsp3) is 0.447. The highest BCUT2D eigenvalue weighted by Gasteiger charge is 2.26. The van der Waals surface area contributed by atoms with Gasteiger partial charge in [-0.3, -0.25) is 0 Å². The first-order valence-electron chi connectivity index (χ1n) is 17.3. The average Bonchev–Trinajstić information content (AvgIpc) is 3.80. The van der Waals surface area contributed by atoms with Gasteiger partial charge < -0.3 is 56.9 Å². The zero-order valence-electron chi connectivity index (χ0n) is 30.5. The van der Waals surface area contributed by atoms with Crippen LogP contribution in [0, 0.1) is 6.92 Å². The lowest BCUT2D eigenvalue weighted by Crippen LogP contribution is -2.19. The number of benzene rings is 3. The van der Waals surface area contributed by atoms with Crippen molar-refractivity contribution in [3.63, 3.8) is 0 Å². The maximum Gasteiger partial charge on any atom is 0.341 e. The second kappa shape index (κ2) is 20.7. The van der Waals surface area contributed by atoms with Gasteiger partial charge in [-0.15, -0.1) is 0 Å². The van der Waals surface area contributed by atoms with Crippen LogP contribution in [0.15, 0.2) is 36.4 Å². The molecule has 3 aromatic carbocycles. The minimum absolute atomic E-state index is 0.0176. The molecule has 3 unspecified atom stereocenters. The van der Waals surface area contributed by atoms with Gasteiger partial charge in [0.05, 0.1) is 0 Å². The summed E-state index contributed by atoms with van der Waals surface area (Å²) >= 11 is 0. The van der Waals surface area contributed by atoms with Crippen LogP contribution in [0.25, 0.3) is 0 Å². The quantitative estimate of drug-likeness (QED) is 0.157. The summed E-state index contributed by atoms with van der Waals surface area (Å²) in [5.41, 5.74) is 24.7. The maximum atomic E-state index is 10.5. The minimum Gasteiger partial charge on any atom is -0.508 e. The van der Waals surface area contributed by atoms with E-state index < -0.39 is 31.1 Å². The molecule has 0 fully saturated rings. The smallest absolute Gasteiger partial charge is 0.341 e. The van der Waals surface area contributed by atoms with Crippen molar-refractivity contribution in [2.75, 3.05) is 19.8 Å². The van der Waals surface area contributed by atoms with Gasteiger partial charge in [0.2, 0.25) is 0 Å². The SMILES string of the molecule is CC.CC.Cc1ccc(OCC(=O)O)c2c1CC(N)C2.NC1Cc2cc(O)cc(OCC(=O)O)c2C1.NC1Cc2ccc(O)c(OCC(=O)O)c2C1. The van der Waals surface area contributed by atoms with Crippen LogP contribution in [0.4, 0.5) is 0 Å². The van der Waals surface area contributed by atoms with Gasteiger partial charge in [0.25, 0.3) is 0 Å². The van der Waals surface area contributed by atoms with E-state index in [1.54, 1.807) is 12.1 Å². The molecule has 14 heteroatoms. The maximum absolute atomic E-state index is 10.5. The lowest BCUT2D eigenvalue weighted by Gasteiger charge is -2.10. The minimum atomic E-state index is -1.07. The van der Waals surface area contributed by atoms with E-state index in [1.807, 2.05) is 46.8 Å². The summed E-state index contributed by atoms with van der Waals surface area (Å²) in [4.78, 5) is 31.3. The van der Waals surface area contributed by atoms with E-state index in [1.165, 1.54) is 23.3 Å². The Balaban J connectivity index is 0.000000257. The number of aryl methyl sites for hydroxylation is 1. The molecular formula is C38H53N3O11. The Morgan fingerprint density at radius 3 is 1.67 bits per heavy atom. The first kappa shape index (κ1) is 43.1. The van der Waals surface area contributed by atoms with E-state index >= 15 is 0 Å². The van der Waals surface area contributed by atoms with Crippen molar-refractivity contribution in [1.29, 1.82) is 0 Å². The number of phenolic OH excluding ortho intramolecular Hbond substituents is 2. The Labute approximate surface area is 304 Å². The van der Waals surface area contributed by atoms with E-state index in [-0.39, 0.29) is 42.0 Å². The summed E-state index contributed by atoms with van der Waals surface area (Å²) in [7, 11) is 0. The Bertz CT molecular complexity index is 1680. The number of aliphatic carboxylic acids is 3. The number of carboxylic acid groups (broad SMARTS) is 3. The van der Waals surface area contributed by atoms with Crippen molar-refractivity contribution in [3.05, 3.63) is 75.3 Å². The van der Waals surface area contributed by atoms with Crippen LogP contribution in [0.5, 0.6) is 28.7 Å². The zero-order valence-corrected chi connectivity index (χ0v) is 30.5. The molecule has 0 radical (unpaired) electrons. The molecule has 0 saturated heterocycles. The van der Waals surface area contributed by atoms with Crippen LogP contribution in [0.2, 0.25) is 0 Å². The van der Waals surface area contributed by atoms with Gasteiger partial charge in [-0.25, -0.2) is 14.4 Å². The van der Waals surface area contributed by atoms with Gasteiger partial charge in [-0.2, -0.15) is 0 Å². The summed E-state index contributed by atoms with van der Waals surface area (Å²) in [6, 6.07) is 10.3. The highest BCUT2D eigenvalue weighted by Crippen LogP contribution is 2.38. The summed E-state index contributed by atoms with van der Waals surface area (Å²) in [6.07, 6.45) is 4.31. The number of nitrogens with two attached hydrogens (primary N) is 3. The Morgan fingerprint density at radius 2 is 1.08 bits per heavy atom. The van der Waals surface area contributed by atoms with Crippen LogP contribution in [-0.4, -0.2) is 81.4 Å². The molecule has 0 bridgehead atoms. The molecule has 3 aromatic rings. The summed E-state index contributed by atoms with van der Waals surface area (Å²) < 4.78 is 15.5. The average molecular weight is 728 g/mol. The van der Waals surface area contributed by atoms with Crippen molar-refractivity contribution >= 4 is 17.9 Å². The van der Waals surface area contributed by atoms with Gasteiger partial charge in [0.1, 0.15) is 17.2 Å². The number of fused-ring (bicyclic) bond motifs is 3. The van der Waals surface area contributed by atoms with Crippen molar-refractivity contribution in [3.8, 4) is 28.7 Å². The largest absolute Gasteiger partial charge is 0.508 e. The van der Waals surface area contributed by atoms with Crippen LogP contribution in [-0.2, 0) is 52.9 Å². The number of carboxylic acids is 3. The number of hydrogen-bond acceptors (Lipinski definition) is 11. The Hall–Kier alpha value is -5.05. The zero-order chi connectivity index (χ0) is 39.1. The molecule has 0 aliphatic heterocycles. The van der Waals surface area contributed by atoms with Crippen molar-refractivity contribution < 1.29 is 54.1 Å². The number of rotatable bonds is 9. The van der Waals surface area contributed by atoms with Crippen LogP contribution >= 0.6 is 0 Å².